The fourth-order valence-electron chi connectivity index (χ4n) is 4.64. The van der Waals surface area contributed by atoms with Crippen LogP contribution in [0.3, 0.4) is 0 Å². The molecule has 1 heterocycles. The lowest BCUT2D eigenvalue weighted by Gasteiger charge is -2.26. The number of carbonyl (C=O) groups is 2. The lowest BCUT2D eigenvalue weighted by atomic mass is 10.1. The normalized spacial score (nSPS) is 10.7. The fourth-order valence-corrected chi connectivity index (χ4v) is 4.64. The summed E-state index contributed by atoms with van der Waals surface area (Å²) in [6, 6.07) is 29.8. The van der Waals surface area contributed by atoms with Crippen LogP contribution in [0.2, 0.25) is 0 Å². The fraction of sp³-hybridized carbons (Fsp3) is 0.167. The van der Waals surface area contributed by atoms with Crippen molar-refractivity contribution in [1.29, 1.82) is 0 Å². The third-order valence-corrected chi connectivity index (χ3v) is 6.75. The van der Waals surface area contributed by atoms with Gasteiger partial charge in [0.15, 0.2) is 0 Å². The highest BCUT2D eigenvalue weighted by molar-refractivity contribution is 6.06. The Morgan fingerprint density at radius 2 is 1.11 bits per heavy atom. The van der Waals surface area contributed by atoms with Gasteiger partial charge in [-0.2, -0.15) is 0 Å². The molecular weight excluding hydrogens is 558 g/mol. The number of ether oxygens (including phenoxy) is 4. The van der Waals surface area contributed by atoms with Gasteiger partial charge in [-0.15, -0.1) is 0 Å². The Bertz CT molecular complexity index is 1670. The summed E-state index contributed by atoms with van der Waals surface area (Å²) in [6.45, 7) is 8.14. The first-order valence-electron chi connectivity index (χ1n) is 14.3. The predicted octanol–water partition coefficient (Wildman–Crippen LogP) is 8.05. The highest BCUT2D eigenvalue weighted by Gasteiger charge is 2.16. The van der Waals surface area contributed by atoms with Gasteiger partial charge in [-0.25, -0.2) is 9.59 Å². The molecule has 0 bridgehead atoms. The lowest BCUT2D eigenvalue weighted by Crippen LogP contribution is -2.10. The van der Waals surface area contributed by atoms with Gasteiger partial charge >= 0.3 is 11.9 Å². The van der Waals surface area contributed by atoms with Crippen LogP contribution in [-0.4, -0.2) is 38.4 Å². The topological polar surface area (TPSA) is 87.4 Å². The highest BCUT2D eigenvalue weighted by Crippen LogP contribution is 2.39. The van der Waals surface area contributed by atoms with Gasteiger partial charge in [-0.3, -0.25) is 0 Å². The molecule has 8 nitrogen and oxygen atoms in total. The zero-order valence-electron chi connectivity index (χ0n) is 24.3. The molecule has 0 saturated heterocycles. The molecule has 0 spiro atoms. The van der Waals surface area contributed by atoms with E-state index in [1.165, 1.54) is 0 Å². The van der Waals surface area contributed by atoms with Gasteiger partial charge in [0.05, 0.1) is 26.4 Å². The van der Waals surface area contributed by atoms with Crippen molar-refractivity contribution in [3.63, 3.8) is 0 Å². The van der Waals surface area contributed by atoms with Crippen molar-refractivity contribution in [2.75, 3.05) is 31.3 Å². The van der Waals surface area contributed by atoms with E-state index >= 15 is 0 Å². The molecule has 0 unspecified atom stereocenters. The van der Waals surface area contributed by atoms with E-state index in [0.717, 1.165) is 51.2 Å². The second-order valence-electron chi connectivity index (χ2n) is 9.75. The standard InChI is InChI=1S/C36H33NO7/c1-3-35(38)42-23-7-21-40-29-16-11-26(12-17-29)37(27-13-18-30(19-14-27)41-22-8-24-43-36(39)4-2)28-15-20-34-32(25-28)31-9-5-6-10-33(31)44-34/h3-6,9-20,25H,1-2,7-8,21-24H2. The molecule has 0 radical (unpaired) electrons. The van der Waals surface area contributed by atoms with E-state index < -0.39 is 11.9 Å². The van der Waals surface area contributed by atoms with Crippen LogP contribution >= 0.6 is 0 Å². The van der Waals surface area contributed by atoms with E-state index in [-0.39, 0.29) is 13.2 Å². The molecule has 4 aromatic carbocycles. The molecule has 0 saturated carbocycles. The number of nitrogens with zero attached hydrogens (tertiary/aromatic N) is 1. The minimum atomic E-state index is -0.442. The van der Waals surface area contributed by atoms with E-state index in [1.807, 2.05) is 78.9 Å². The Hall–Kier alpha value is -5.50. The van der Waals surface area contributed by atoms with Crippen LogP contribution in [0.15, 0.2) is 121 Å². The van der Waals surface area contributed by atoms with Crippen molar-refractivity contribution in [3.8, 4) is 11.5 Å². The number of hydrogen-bond acceptors (Lipinski definition) is 8. The molecule has 5 aromatic rings. The zero-order chi connectivity index (χ0) is 30.7. The van der Waals surface area contributed by atoms with Gasteiger partial charge in [-0.1, -0.05) is 31.4 Å². The van der Waals surface area contributed by atoms with Crippen molar-refractivity contribution < 1.29 is 33.0 Å². The van der Waals surface area contributed by atoms with Gasteiger partial charge in [0.1, 0.15) is 22.7 Å². The Morgan fingerprint density at radius 3 is 1.66 bits per heavy atom. The third-order valence-electron chi connectivity index (χ3n) is 6.75. The quantitative estimate of drug-likeness (QED) is 0.0687. The summed E-state index contributed by atoms with van der Waals surface area (Å²) in [5.41, 5.74) is 4.48. The lowest BCUT2D eigenvalue weighted by molar-refractivity contribution is -0.138. The van der Waals surface area contributed by atoms with Crippen LogP contribution in [0.5, 0.6) is 11.5 Å². The molecule has 0 aliphatic rings. The number of anilines is 3. The van der Waals surface area contributed by atoms with Crippen LogP contribution in [-0.2, 0) is 19.1 Å². The summed E-state index contributed by atoms with van der Waals surface area (Å²) < 4.78 is 27.8. The summed E-state index contributed by atoms with van der Waals surface area (Å²) in [6.07, 6.45) is 3.43. The van der Waals surface area contributed by atoms with E-state index in [0.29, 0.717) is 37.6 Å². The molecular formula is C36H33NO7. The van der Waals surface area contributed by atoms with Crippen LogP contribution in [0.25, 0.3) is 21.9 Å². The second kappa shape index (κ2) is 14.6. The average molecular weight is 592 g/mol. The van der Waals surface area contributed by atoms with E-state index in [2.05, 4.69) is 30.2 Å². The van der Waals surface area contributed by atoms with E-state index in [4.69, 9.17) is 23.4 Å². The Balaban J connectivity index is 1.35. The molecule has 44 heavy (non-hydrogen) atoms. The van der Waals surface area contributed by atoms with Gasteiger partial charge in [0.2, 0.25) is 0 Å². The largest absolute Gasteiger partial charge is 0.493 e. The number of carbonyl (C=O) groups excluding carboxylic acids is 2. The molecule has 224 valence electrons. The summed E-state index contributed by atoms with van der Waals surface area (Å²) in [5, 5.41) is 2.08. The maximum absolute atomic E-state index is 11.2. The van der Waals surface area contributed by atoms with Crippen molar-refractivity contribution in [2.45, 2.75) is 12.8 Å². The molecule has 0 aliphatic heterocycles. The van der Waals surface area contributed by atoms with E-state index in [9.17, 15) is 9.59 Å². The number of hydrogen-bond donors (Lipinski definition) is 0. The Morgan fingerprint density at radius 1 is 0.614 bits per heavy atom. The molecule has 0 N–H and O–H groups in total. The summed E-state index contributed by atoms with van der Waals surface area (Å²) in [5.74, 6) is 0.537. The van der Waals surface area contributed by atoms with Gasteiger partial charge in [0.25, 0.3) is 0 Å². The second-order valence-corrected chi connectivity index (χ2v) is 9.75. The van der Waals surface area contributed by atoms with Crippen LogP contribution < -0.4 is 14.4 Å². The maximum atomic E-state index is 11.2. The number of benzene rings is 4. The minimum absolute atomic E-state index is 0.268. The van der Waals surface area contributed by atoms with E-state index in [1.54, 1.807) is 0 Å². The van der Waals surface area contributed by atoms with Crippen LogP contribution in [0.4, 0.5) is 17.1 Å². The maximum Gasteiger partial charge on any atom is 0.330 e. The molecule has 0 atom stereocenters. The van der Waals surface area contributed by atoms with Crippen molar-refractivity contribution in [1.82, 2.24) is 0 Å². The Labute approximate surface area is 255 Å². The zero-order valence-corrected chi connectivity index (χ0v) is 24.3. The van der Waals surface area contributed by atoms with Crippen molar-refractivity contribution >= 4 is 50.9 Å². The molecule has 1 aromatic heterocycles. The monoisotopic (exact) mass is 591 g/mol. The highest BCUT2D eigenvalue weighted by atomic mass is 16.5. The van der Waals surface area contributed by atoms with Gasteiger partial charge in [0, 0.05) is 52.8 Å². The summed E-state index contributed by atoms with van der Waals surface area (Å²) in [4.78, 5) is 24.6. The molecule has 0 fully saturated rings. The third kappa shape index (κ3) is 7.46. The van der Waals surface area contributed by atoms with Crippen LogP contribution in [0.1, 0.15) is 12.8 Å². The first-order chi connectivity index (χ1) is 21.6. The average Bonchev–Trinajstić information content (AvgIpc) is 3.43. The number of furan rings is 1. The molecule has 0 aliphatic carbocycles. The molecule has 5 rings (SSSR count). The first kappa shape index (κ1) is 30.0. The predicted molar refractivity (Wildman–Crippen MR) is 171 cm³/mol. The van der Waals surface area contributed by atoms with Crippen molar-refractivity contribution in [3.05, 3.63) is 116 Å². The number of fused-ring (bicyclic) bond motifs is 3. The summed E-state index contributed by atoms with van der Waals surface area (Å²) >= 11 is 0. The summed E-state index contributed by atoms with van der Waals surface area (Å²) in [7, 11) is 0. The molecule has 8 heteroatoms. The van der Waals surface area contributed by atoms with Crippen molar-refractivity contribution in [2.24, 2.45) is 0 Å². The number of rotatable bonds is 15. The molecule has 0 amide bonds. The number of para-hydroxylation sites is 1. The van der Waals surface area contributed by atoms with Gasteiger partial charge in [-0.05, 0) is 72.8 Å². The van der Waals surface area contributed by atoms with Gasteiger partial charge < -0.3 is 28.3 Å². The smallest absolute Gasteiger partial charge is 0.330 e. The number of esters is 2. The minimum Gasteiger partial charge on any atom is -0.493 e. The first-order valence-corrected chi connectivity index (χ1v) is 14.3. The Kier molecular flexibility index (Phi) is 9.94. The van der Waals surface area contributed by atoms with Crippen LogP contribution in [0, 0.1) is 0 Å². The SMILES string of the molecule is C=CC(=O)OCCCOc1ccc(N(c2ccc(OCCCOC(=O)C=C)cc2)c2ccc3oc4ccccc4c3c2)cc1.